The van der Waals surface area contributed by atoms with E-state index in [4.69, 9.17) is 0 Å². The molecule has 0 bridgehead atoms. The third kappa shape index (κ3) is 3.83. The van der Waals surface area contributed by atoms with Crippen molar-refractivity contribution in [2.45, 2.75) is 66.1 Å². The van der Waals surface area contributed by atoms with Gasteiger partial charge in [-0.1, -0.05) is 33.8 Å². The van der Waals surface area contributed by atoms with E-state index in [2.05, 4.69) is 62.8 Å². The van der Waals surface area contributed by atoms with Crippen molar-refractivity contribution in [2.24, 2.45) is 5.41 Å². The summed E-state index contributed by atoms with van der Waals surface area (Å²) in [5.41, 5.74) is 2.99. The first kappa shape index (κ1) is 16.4. The molecule has 0 aromatic carbocycles. The third-order valence-electron chi connectivity index (χ3n) is 4.97. The molecule has 2 rings (SSSR count). The molecule has 0 aliphatic carbocycles. The number of hydrogen-bond acceptors (Lipinski definition) is 3. The van der Waals surface area contributed by atoms with E-state index in [0.29, 0.717) is 6.04 Å². The lowest BCUT2D eigenvalue weighted by Gasteiger charge is -2.50. The summed E-state index contributed by atoms with van der Waals surface area (Å²) < 4.78 is 0. The summed E-state index contributed by atoms with van der Waals surface area (Å²) in [7, 11) is 0. The predicted octanol–water partition coefficient (Wildman–Crippen LogP) is 3.38. The lowest BCUT2D eigenvalue weighted by Crippen LogP contribution is -2.65. The molecule has 1 aliphatic heterocycles. The molecule has 0 radical (unpaired) electrons. The Hall–Kier alpha value is -0.930. The van der Waals surface area contributed by atoms with Gasteiger partial charge < -0.3 is 5.32 Å². The van der Waals surface area contributed by atoms with Crippen LogP contribution in [0.4, 0.5) is 0 Å². The highest BCUT2D eigenvalue weighted by molar-refractivity contribution is 5.18. The molecule has 1 N–H and O–H groups in total. The summed E-state index contributed by atoms with van der Waals surface area (Å²) in [6.45, 7) is 16.9. The second-order valence-electron chi connectivity index (χ2n) is 7.85. The van der Waals surface area contributed by atoms with Gasteiger partial charge in [-0.05, 0) is 37.3 Å². The summed E-state index contributed by atoms with van der Waals surface area (Å²) in [6, 6.07) is 4.72. The number of rotatable bonds is 3. The number of hydrogen-bond donors (Lipinski definition) is 1. The van der Waals surface area contributed by atoms with Gasteiger partial charge in [0, 0.05) is 37.4 Å². The lowest BCUT2D eigenvalue weighted by atomic mass is 9.81. The largest absolute Gasteiger partial charge is 0.309 e. The molecule has 1 aromatic heterocycles. The number of aryl methyl sites for hydroxylation is 1. The maximum Gasteiger partial charge on any atom is 0.0573 e. The Balaban J connectivity index is 2.23. The highest BCUT2D eigenvalue weighted by Crippen LogP contribution is 2.31. The molecule has 21 heavy (non-hydrogen) atoms. The van der Waals surface area contributed by atoms with Crippen LogP contribution < -0.4 is 5.32 Å². The highest BCUT2D eigenvalue weighted by Gasteiger charge is 2.39. The normalized spacial score (nSPS) is 27.8. The van der Waals surface area contributed by atoms with Crippen LogP contribution in [0.15, 0.2) is 18.3 Å². The van der Waals surface area contributed by atoms with E-state index in [-0.39, 0.29) is 11.0 Å². The smallest absolute Gasteiger partial charge is 0.0573 e. The van der Waals surface area contributed by atoms with E-state index in [9.17, 15) is 0 Å². The predicted molar refractivity (Wildman–Crippen MR) is 89.3 cm³/mol. The van der Waals surface area contributed by atoms with Gasteiger partial charge >= 0.3 is 0 Å². The van der Waals surface area contributed by atoms with E-state index in [1.54, 1.807) is 0 Å². The van der Waals surface area contributed by atoms with Crippen molar-refractivity contribution in [2.75, 3.05) is 13.1 Å². The van der Waals surface area contributed by atoms with E-state index >= 15 is 0 Å². The molecule has 1 aromatic rings. The van der Waals surface area contributed by atoms with E-state index in [0.717, 1.165) is 26.1 Å². The van der Waals surface area contributed by atoms with Gasteiger partial charge in [-0.2, -0.15) is 0 Å². The van der Waals surface area contributed by atoms with Gasteiger partial charge in [0.15, 0.2) is 0 Å². The Labute approximate surface area is 130 Å². The molecule has 0 saturated carbocycles. The number of aromatic nitrogens is 1. The summed E-state index contributed by atoms with van der Waals surface area (Å²) in [5, 5.41) is 3.77. The fraction of sp³-hybridized carbons (Fsp3) is 0.722. The van der Waals surface area contributed by atoms with Crippen LogP contribution in [-0.2, 0) is 6.54 Å². The van der Waals surface area contributed by atoms with E-state index in [1.165, 1.54) is 11.3 Å². The monoisotopic (exact) mass is 289 g/mol. The zero-order chi connectivity index (χ0) is 15.7. The molecule has 1 saturated heterocycles. The van der Waals surface area contributed by atoms with Crippen molar-refractivity contribution in [1.29, 1.82) is 0 Å². The highest BCUT2D eigenvalue weighted by atomic mass is 15.3. The van der Waals surface area contributed by atoms with E-state index in [1.807, 2.05) is 12.3 Å². The molecule has 2 atom stereocenters. The van der Waals surface area contributed by atoms with Crippen LogP contribution in [0.3, 0.4) is 0 Å². The second kappa shape index (κ2) is 6.05. The minimum Gasteiger partial charge on any atom is -0.309 e. The van der Waals surface area contributed by atoms with Gasteiger partial charge in [-0.3, -0.25) is 9.88 Å². The molecule has 3 nitrogen and oxygen atoms in total. The van der Waals surface area contributed by atoms with Crippen molar-refractivity contribution in [3.05, 3.63) is 29.6 Å². The molecule has 3 heteroatoms. The van der Waals surface area contributed by atoms with Gasteiger partial charge in [0.1, 0.15) is 0 Å². The third-order valence-corrected chi connectivity index (χ3v) is 4.97. The standard InChI is InChI=1S/C18H31N3/c1-7-18(6)13-21(16(11-20-18)17(3,4)5)12-15-14(2)9-8-10-19-15/h8-10,16,20H,7,11-13H2,1-6H3. The molecule has 0 amide bonds. The molecular formula is C18H31N3. The van der Waals surface area contributed by atoms with Crippen LogP contribution in [0.1, 0.15) is 52.3 Å². The van der Waals surface area contributed by atoms with Gasteiger partial charge in [0.2, 0.25) is 0 Å². The van der Waals surface area contributed by atoms with Gasteiger partial charge in [0.05, 0.1) is 5.69 Å². The molecule has 1 fully saturated rings. The minimum absolute atomic E-state index is 0.213. The van der Waals surface area contributed by atoms with Crippen molar-refractivity contribution in [1.82, 2.24) is 15.2 Å². The van der Waals surface area contributed by atoms with Crippen LogP contribution in [0.5, 0.6) is 0 Å². The minimum atomic E-state index is 0.213. The molecule has 118 valence electrons. The summed E-state index contributed by atoms with van der Waals surface area (Å²) in [4.78, 5) is 7.23. The van der Waals surface area contributed by atoms with Gasteiger partial charge in [-0.25, -0.2) is 0 Å². The molecule has 0 spiro atoms. The average Bonchev–Trinajstić information content (AvgIpc) is 2.40. The number of pyridine rings is 1. The first-order valence-electron chi connectivity index (χ1n) is 8.15. The Morgan fingerprint density at radius 2 is 2.14 bits per heavy atom. The fourth-order valence-corrected chi connectivity index (χ4v) is 3.22. The molecule has 1 aliphatic rings. The van der Waals surface area contributed by atoms with Gasteiger partial charge in [-0.15, -0.1) is 0 Å². The SMILES string of the molecule is CCC1(C)CN(Cc2ncccc2C)C(C(C)(C)C)CN1. The summed E-state index contributed by atoms with van der Waals surface area (Å²) in [5.74, 6) is 0. The maximum atomic E-state index is 4.60. The zero-order valence-corrected chi connectivity index (χ0v) is 14.5. The number of nitrogens with zero attached hydrogens (tertiary/aromatic N) is 2. The molecular weight excluding hydrogens is 258 g/mol. The van der Waals surface area contributed by atoms with Gasteiger partial charge in [0.25, 0.3) is 0 Å². The number of piperazine rings is 1. The Morgan fingerprint density at radius 1 is 1.43 bits per heavy atom. The second-order valence-corrected chi connectivity index (χ2v) is 7.85. The quantitative estimate of drug-likeness (QED) is 0.924. The van der Waals surface area contributed by atoms with Crippen LogP contribution in [0.25, 0.3) is 0 Å². The summed E-state index contributed by atoms with van der Waals surface area (Å²) >= 11 is 0. The topological polar surface area (TPSA) is 28.2 Å². The van der Waals surface area contributed by atoms with Crippen LogP contribution in [0.2, 0.25) is 0 Å². The average molecular weight is 289 g/mol. The first-order valence-corrected chi connectivity index (χ1v) is 8.15. The van der Waals surface area contributed by atoms with Crippen LogP contribution in [0, 0.1) is 12.3 Å². The Kier molecular flexibility index (Phi) is 4.74. The van der Waals surface area contributed by atoms with E-state index < -0.39 is 0 Å². The first-order chi connectivity index (χ1) is 9.75. The Bertz CT molecular complexity index is 478. The van der Waals surface area contributed by atoms with Crippen molar-refractivity contribution in [3.63, 3.8) is 0 Å². The fourth-order valence-electron chi connectivity index (χ4n) is 3.22. The summed E-state index contributed by atoms with van der Waals surface area (Å²) in [6.07, 6.45) is 3.07. The maximum absolute atomic E-state index is 4.60. The van der Waals surface area contributed by atoms with Crippen molar-refractivity contribution < 1.29 is 0 Å². The van der Waals surface area contributed by atoms with Crippen LogP contribution >= 0.6 is 0 Å². The van der Waals surface area contributed by atoms with Crippen molar-refractivity contribution in [3.8, 4) is 0 Å². The van der Waals surface area contributed by atoms with Crippen molar-refractivity contribution >= 4 is 0 Å². The number of nitrogens with one attached hydrogen (secondary N) is 1. The molecule has 2 unspecified atom stereocenters. The lowest BCUT2D eigenvalue weighted by molar-refractivity contribution is 0.0195. The Morgan fingerprint density at radius 3 is 2.71 bits per heavy atom. The zero-order valence-electron chi connectivity index (χ0n) is 14.5. The molecule has 2 heterocycles. The van der Waals surface area contributed by atoms with Crippen LogP contribution in [-0.4, -0.2) is 34.6 Å².